The number of rotatable bonds is 7. The molecule has 4 aromatic rings. The predicted octanol–water partition coefficient (Wildman–Crippen LogP) is 4.49. The molecular formula is C28H27FN4O5. The number of nitrogens with zero attached hydrogens (tertiary/aromatic N) is 4. The van der Waals surface area contributed by atoms with Crippen molar-refractivity contribution in [3.8, 4) is 28.7 Å². The molecule has 1 atom stereocenters. The topological polar surface area (TPSA) is 87.8 Å². The minimum atomic E-state index is -0.604. The highest BCUT2D eigenvalue weighted by Crippen LogP contribution is 2.33. The van der Waals surface area contributed by atoms with Crippen LogP contribution in [0.4, 0.5) is 4.39 Å². The lowest BCUT2D eigenvalue weighted by Gasteiger charge is -2.32. The van der Waals surface area contributed by atoms with Crippen LogP contribution in [0.3, 0.4) is 0 Å². The zero-order chi connectivity index (χ0) is 26.8. The molecule has 0 spiro atoms. The highest BCUT2D eigenvalue weighted by Gasteiger charge is 2.29. The van der Waals surface area contributed by atoms with E-state index in [0.717, 1.165) is 12.8 Å². The largest absolute Gasteiger partial charge is 0.494 e. The van der Waals surface area contributed by atoms with Gasteiger partial charge >= 0.3 is 5.69 Å². The fourth-order valence-corrected chi connectivity index (χ4v) is 4.89. The Balaban J connectivity index is 1.55. The predicted molar refractivity (Wildman–Crippen MR) is 140 cm³/mol. The van der Waals surface area contributed by atoms with E-state index < -0.39 is 5.82 Å². The molecule has 196 valence electrons. The molecule has 0 radical (unpaired) electrons. The van der Waals surface area contributed by atoms with Crippen LogP contribution in [-0.2, 0) is 4.79 Å². The van der Waals surface area contributed by atoms with Gasteiger partial charge in [-0.2, -0.15) is 4.39 Å². The molecule has 10 heteroatoms. The maximum absolute atomic E-state index is 14.5. The summed E-state index contributed by atoms with van der Waals surface area (Å²) in [6.45, 7) is 4.59. The third kappa shape index (κ3) is 4.38. The second kappa shape index (κ2) is 10.4. The fourth-order valence-electron chi connectivity index (χ4n) is 4.89. The number of piperidine rings is 1. The first-order valence-electron chi connectivity index (χ1n) is 12.1. The van der Waals surface area contributed by atoms with Crippen molar-refractivity contribution in [3.05, 3.63) is 83.8 Å². The van der Waals surface area contributed by atoms with Gasteiger partial charge in [0.05, 0.1) is 43.9 Å². The lowest BCUT2D eigenvalue weighted by atomic mass is 10.1. The Kier molecular flexibility index (Phi) is 6.87. The number of aromatic nitrogens is 3. The molecule has 2 aromatic carbocycles. The standard InChI is InChI=1S/C28H27FN4O5/c1-4-25(34)31-14-6-7-19(17-31)33-27-21(15-30-16-24(27)37-3)32(28(33)35)18-10-12-20(13-11-18)38-23-9-5-8-22(36-2)26(23)29/h4-5,8-13,15-16,19H,1,6-7,14,17H2,2-3H3/t19-/m1/s1. The molecule has 5 rings (SSSR count). The second-order valence-electron chi connectivity index (χ2n) is 8.85. The molecule has 38 heavy (non-hydrogen) atoms. The number of amides is 1. The Morgan fingerprint density at radius 3 is 2.53 bits per heavy atom. The van der Waals surface area contributed by atoms with Crippen molar-refractivity contribution in [2.75, 3.05) is 27.3 Å². The monoisotopic (exact) mass is 518 g/mol. The summed E-state index contributed by atoms with van der Waals surface area (Å²) in [5.74, 6) is 0.182. The van der Waals surface area contributed by atoms with E-state index in [9.17, 15) is 14.0 Å². The molecule has 1 aliphatic rings. The molecule has 1 fully saturated rings. The van der Waals surface area contributed by atoms with Gasteiger partial charge in [-0.1, -0.05) is 12.6 Å². The number of hydrogen-bond acceptors (Lipinski definition) is 6. The van der Waals surface area contributed by atoms with Crippen LogP contribution in [0.1, 0.15) is 18.9 Å². The minimum Gasteiger partial charge on any atom is -0.494 e. The first-order valence-corrected chi connectivity index (χ1v) is 12.1. The summed E-state index contributed by atoms with van der Waals surface area (Å²) in [5.41, 5.74) is 1.46. The van der Waals surface area contributed by atoms with Gasteiger partial charge in [-0.05, 0) is 55.3 Å². The molecule has 1 saturated heterocycles. The highest BCUT2D eigenvalue weighted by molar-refractivity contribution is 5.87. The number of halogens is 1. The third-order valence-corrected chi connectivity index (χ3v) is 6.68. The van der Waals surface area contributed by atoms with Crippen molar-refractivity contribution in [2.45, 2.75) is 18.9 Å². The Hall–Kier alpha value is -4.60. The zero-order valence-corrected chi connectivity index (χ0v) is 21.1. The van der Waals surface area contributed by atoms with Gasteiger partial charge in [0.25, 0.3) is 0 Å². The number of fused-ring (bicyclic) bond motifs is 1. The molecule has 1 aliphatic heterocycles. The van der Waals surface area contributed by atoms with Crippen molar-refractivity contribution in [2.24, 2.45) is 0 Å². The molecule has 0 unspecified atom stereocenters. The van der Waals surface area contributed by atoms with E-state index in [4.69, 9.17) is 14.2 Å². The van der Waals surface area contributed by atoms with Gasteiger partial charge in [-0.3, -0.25) is 18.9 Å². The molecule has 0 bridgehead atoms. The maximum atomic E-state index is 14.5. The second-order valence-corrected chi connectivity index (χ2v) is 8.85. The van der Waals surface area contributed by atoms with E-state index >= 15 is 0 Å². The van der Waals surface area contributed by atoms with E-state index in [1.807, 2.05) is 0 Å². The van der Waals surface area contributed by atoms with E-state index in [-0.39, 0.29) is 29.1 Å². The average molecular weight is 519 g/mol. The van der Waals surface area contributed by atoms with Gasteiger partial charge in [-0.25, -0.2) is 4.79 Å². The summed E-state index contributed by atoms with van der Waals surface area (Å²) >= 11 is 0. The van der Waals surface area contributed by atoms with Crippen LogP contribution >= 0.6 is 0 Å². The molecule has 9 nitrogen and oxygen atoms in total. The Bertz CT molecular complexity index is 1560. The number of hydrogen-bond donors (Lipinski definition) is 0. The molecule has 1 amide bonds. The van der Waals surface area contributed by atoms with Gasteiger partial charge in [0.2, 0.25) is 11.7 Å². The summed E-state index contributed by atoms with van der Waals surface area (Å²) in [7, 11) is 2.91. The van der Waals surface area contributed by atoms with Crippen molar-refractivity contribution in [1.29, 1.82) is 0 Å². The van der Waals surface area contributed by atoms with Crippen LogP contribution in [0, 0.1) is 5.82 Å². The van der Waals surface area contributed by atoms with E-state index in [1.54, 1.807) is 56.8 Å². The number of ether oxygens (including phenoxy) is 3. The summed E-state index contributed by atoms with van der Waals surface area (Å²) in [4.78, 5) is 32.2. The van der Waals surface area contributed by atoms with Crippen LogP contribution in [0.15, 0.2) is 72.3 Å². The molecule has 0 saturated carbocycles. The first-order chi connectivity index (χ1) is 18.5. The van der Waals surface area contributed by atoms with E-state index in [2.05, 4.69) is 11.6 Å². The molecular weight excluding hydrogens is 491 g/mol. The van der Waals surface area contributed by atoms with Gasteiger partial charge in [0.15, 0.2) is 17.2 Å². The summed E-state index contributed by atoms with van der Waals surface area (Å²) < 4.78 is 34.1. The summed E-state index contributed by atoms with van der Waals surface area (Å²) in [6.07, 6.45) is 5.95. The Morgan fingerprint density at radius 1 is 1.08 bits per heavy atom. The number of imidazole rings is 1. The molecule has 2 aromatic heterocycles. The average Bonchev–Trinajstić information content (AvgIpc) is 3.26. The van der Waals surface area contributed by atoms with Gasteiger partial charge in [0.1, 0.15) is 11.3 Å². The summed E-state index contributed by atoms with van der Waals surface area (Å²) in [6, 6.07) is 11.1. The Labute approximate surface area is 218 Å². The summed E-state index contributed by atoms with van der Waals surface area (Å²) in [5, 5.41) is 0. The number of benzene rings is 2. The van der Waals surface area contributed by atoms with E-state index in [1.165, 1.54) is 32.4 Å². The Morgan fingerprint density at radius 2 is 1.82 bits per heavy atom. The SMILES string of the molecule is C=CC(=O)N1CCC[C@@H](n2c(=O)n(-c3ccc(Oc4cccc(OC)c4F)cc3)c3cncc(OC)c32)C1. The van der Waals surface area contributed by atoms with Gasteiger partial charge in [0, 0.05) is 13.1 Å². The lowest BCUT2D eigenvalue weighted by Crippen LogP contribution is -2.42. The van der Waals surface area contributed by atoms with Crippen LogP contribution in [0.25, 0.3) is 16.7 Å². The number of pyridine rings is 1. The number of carbonyl (C=O) groups is 1. The normalized spacial score (nSPS) is 15.3. The first kappa shape index (κ1) is 25.1. The van der Waals surface area contributed by atoms with Gasteiger partial charge < -0.3 is 19.1 Å². The number of likely N-dealkylation sites (tertiary alicyclic amines) is 1. The van der Waals surface area contributed by atoms with Crippen molar-refractivity contribution >= 4 is 16.9 Å². The smallest absolute Gasteiger partial charge is 0.334 e. The minimum absolute atomic E-state index is 0.0238. The number of methoxy groups -OCH3 is 2. The molecule has 3 heterocycles. The van der Waals surface area contributed by atoms with Crippen LogP contribution in [0.2, 0.25) is 0 Å². The van der Waals surface area contributed by atoms with Crippen LogP contribution in [0.5, 0.6) is 23.0 Å². The van der Waals surface area contributed by atoms with Crippen molar-refractivity contribution in [1.82, 2.24) is 19.0 Å². The van der Waals surface area contributed by atoms with Crippen molar-refractivity contribution < 1.29 is 23.4 Å². The highest BCUT2D eigenvalue weighted by atomic mass is 19.1. The maximum Gasteiger partial charge on any atom is 0.334 e. The zero-order valence-electron chi connectivity index (χ0n) is 21.1. The fraction of sp³-hybridized carbons (Fsp3) is 0.250. The molecule has 0 aliphatic carbocycles. The molecule has 0 N–H and O–H groups in total. The quantitative estimate of drug-likeness (QED) is 0.335. The van der Waals surface area contributed by atoms with Gasteiger partial charge in [-0.15, -0.1) is 0 Å². The van der Waals surface area contributed by atoms with Crippen LogP contribution in [-0.4, -0.2) is 52.2 Å². The number of carbonyl (C=O) groups excluding carboxylic acids is 1. The van der Waals surface area contributed by atoms with Crippen molar-refractivity contribution in [3.63, 3.8) is 0 Å². The van der Waals surface area contributed by atoms with Crippen LogP contribution < -0.4 is 19.9 Å². The lowest BCUT2D eigenvalue weighted by molar-refractivity contribution is -0.127. The van der Waals surface area contributed by atoms with E-state index in [0.29, 0.717) is 41.3 Å². The third-order valence-electron chi connectivity index (χ3n) is 6.68.